The fraction of sp³-hybridized carbons (Fsp3) is 0.480. The maximum absolute atomic E-state index is 12.9. The van der Waals surface area contributed by atoms with Crippen molar-refractivity contribution in [2.45, 2.75) is 49.3 Å². The number of carbonyl (C=O) groups is 1. The van der Waals surface area contributed by atoms with Crippen molar-refractivity contribution in [1.29, 1.82) is 0 Å². The molecule has 2 heterocycles. The Balaban J connectivity index is 1.28. The molecule has 2 aromatic rings. The van der Waals surface area contributed by atoms with Gasteiger partial charge in [0.2, 0.25) is 15.9 Å². The molecular formula is C25H33N3O5S. The van der Waals surface area contributed by atoms with Crippen molar-refractivity contribution in [3.63, 3.8) is 0 Å². The molecule has 9 heteroatoms. The topological polar surface area (TPSA) is 99.2 Å². The first kappa shape index (κ1) is 24.7. The molecule has 3 atom stereocenters. The number of piperazine rings is 1. The van der Waals surface area contributed by atoms with Gasteiger partial charge in [-0.05, 0) is 44.0 Å². The summed E-state index contributed by atoms with van der Waals surface area (Å²) in [4.78, 5) is 17.2. The molecule has 8 nitrogen and oxygen atoms in total. The SMILES string of the molecule is Cc1ccc(S(=O)(=O)N[C@H]2CC[C@@H](CC(=O)N3CCN(c4ccccc4)CC3)O[C@@H]2CO)cc1. The Morgan fingerprint density at radius 3 is 2.35 bits per heavy atom. The van der Waals surface area contributed by atoms with E-state index < -0.39 is 22.2 Å². The summed E-state index contributed by atoms with van der Waals surface area (Å²) in [6.45, 7) is 4.45. The summed E-state index contributed by atoms with van der Waals surface area (Å²) in [5, 5.41) is 9.84. The van der Waals surface area contributed by atoms with Crippen LogP contribution >= 0.6 is 0 Å². The molecule has 184 valence electrons. The minimum atomic E-state index is -3.73. The maximum Gasteiger partial charge on any atom is 0.240 e. The molecule has 34 heavy (non-hydrogen) atoms. The van der Waals surface area contributed by atoms with Crippen LogP contribution < -0.4 is 9.62 Å². The minimum Gasteiger partial charge on any atom is -0.394 e. The number of nitrogens with one attached hydrogen (secondary N) is 1. The molecule has 2 aliphatic rings. The smallest absolute Gasteiger partial charge is 0.240 e. The van der Waals surface area contributed by atoms with Gasteiger partial charge < -0.3 is 19.6 Å². The zero-order valence-electron chi connectivity index (χ0n) is 19.5. The predicted molar refractivity (Wildman–Crippen MR) is 130 cm³/mol. The van der Waals surface area contributed by atoms with Gasteiger partial charge in [0.15, 0.2) is 0 Å². The molecule has 2 aliphatic heterocycles. The van der Waals surface area contributed by atoms with Crippen LogP contribution in [0.4, 0.5) is 5.69 Å². The average Bonchev–Trinajstić information content (AvgIpc) is 2.85. The molecule has 0 bridgehead atoms. The van der Waals surface area contributed by atoms with Crippen LogP contribution in [0.25, 0.3) is 0 Å². The van der Waals surface area contributed by atoms with Crippen molar-refractivity contribution in [2.24, 2.45) is 0 Å². The Kier molecular flexibility index (Phi) is 7.88. The molecule has 0 radical (unpaired) electrons. The molecule has 1 amide bonds. The third kappa shape index (κ3) is 5.96. The van der Waals surface area contributed by atoms with Crippen LogP contribution in [0.2, 0.25) is 0 Å². The Hall–Kier alpha value is -2.46. The molecule has 2 aromatic carbocycles. The molecule has 0 saturated carbocycles. The van der Waals surface area contributed by atoms with Gasteiger partial charge in [0.1, 0.15) is 0 Å². The van der Waals surface area contributed by atoms with E-state index >= 15 is 0 Å². The van der Waals surface area contributed by atoms with E-state index in [9.17, 15) is 18.3 Å². The quantitative estimate of drug-likeness (QED) is 0.619. The Morgan fingerprint density at radius 1 is 1.03 bits per heavy atom. The van der Waals surface area contributed by atoms with Gasteiger partial charge in [0, 0.05) is 31.9 Å². The zero-order chi connectivity index (χ0) is 24.1. The molecule has 2 fully saturated rings. The number of anilines is 1. The van der Waals surface area contributed by atoms with Gasteiger partial charge in [-0.2, -0.15) is 0 Å². The number of hydrogen-bond acceptors (Lipinski definition) is 6. The number of aryl methyl sites for hydroxylation is 1. The number of amides is 1. The van der Waals surface area contributed by atoms with Crippen molar-refractivity contribution in [3.8, 4) is 0 Å². The average molecular weight is 488 g/mol. The molecule has 0 aliphatic carbocycles. The number of nitrogens with zero attached hydrogens (tertiary/aromatic N) is 2. The maximum atomic E-state index is 12.9. The Bertz CT molecular complexity index is 1050. The lowest BCUT2D eigenvalue weighted by atomic mass is 9.97. The standard InChI is InChI=1S/C25H33N3O5S/c1-19-7-10-22(11-8-19)34(31,32)26-23-12-9-21(33-24(23)18-29)17-25(30)28-15-13-27(14-16-28)20-5-3-2-4-6-20/h2-8,10-11,21,23-24,26,29H,9,12-18H2,1H3/t21-,23-,24+/m0/s1. The van der Waals surface area contributed by atoms with E-state index in [0.717, 1.165) is 24.3 Å². The monoisotopic (exact) mass is 487 g/mol. The molecule has 0 spiro atoms. The number of aliphatic hydroxyl groups excluding tert-OH is 1. The number of ether oxygens (including phenoxy) is 1. The largest absolute Gasteiger partial charge is 0.394 e. The van der Waals surface area contributed by atoms with Crippen molar-refractivity contribution in [3.05, 3.63) is 60.2 Å². The molecule has 0 aromatic heterocycles. The predicted octanol–water partition coefficient (Wildman–Crippen LogP) is 1.92. The van der Waals surface area contributed by atoms with Gasteiger partial charge in [0.05, 0.1) is 36.2 Å². The lowest BCUT2D eigenvalue weighted by molar-refractivity contribution is -0.140. The third-order valence-electron chi connectivity index (χ3n) is 6.59. The summed E-state index contributed by atoms with van der Waals surface area (Å²) in [5.41, 5.74) is 2.14. The van der Waals surface area contributed by atoms with E-state index in [1.54, 1.807) is 24.3 Å². The summed E-state index contributed by atoms with van der Waals surface area (Å²) in [5.74, 6) is 0.0353. The van der Waals surface area contributed by atoms with Crippen LogP contribution in [0, 0.1) is 6.92 Å². The zero-order valence-corrected chi connectivity index (χ0v) is 20.3. The van der Waals surface area contributed by atoms with Gasteiger partial charge in [-0.3, -0.25) is 4.79 Å². The Morgan fingerprint density at radius 2 is 1.71 bits per heavy atom. The van der Waals surface area contributed by atoms with Crippen LogP contribution in [0.1, 0.15) is 24.8 Å². The van der Waals surface area contributed by atoms with Crippen LogP contribution in [0.5, 0.6) is 0 Å². The number of hydrogen-bond donors (Lipinski definition) is 2. The first-order chi connectivity index (χ1) is 16.4. The highest BCUT2D eigenvalue weighted by molar-refractivity contribution is 7.89. The fourth-order valence-electron chi connectivity index (χ4n) is 4.58. The van der Waals surface area contributed by atoms with Crippen LogP contribution in [-0.4, -0.2) is 75.4 Å². The summed E-state index contributed by atoms with van der Waals surface area (Å²) < 4.78 is 34.2. The fourth-order valence-corrected chi connectivity index (χ4v) is 5.88. The van der Waals surface area contributed by atoms with Gasteiger partial charge in [0.25, 0.3) is 0 Å². The van der Waals surface area contributed by atoms with E-state index in [4.69, 9.17) is 4.74 Å². The second kappa shape index (κ2) is 10.9. The second-order valence-corrected chi connectivity index (χ2v) is 10.7. The first-order valence-electron chi connectivity index (χ1n) is 11.8. The second-order valence-electron chi connectivity index (χ2n) is 9.00. The van der Waals surface area contributed by atoms with Gasteiger partial charge in [-0.15, -0.1) is 0 Å². The first-order valence-corrected chi connectivity index (χ1v) is 13.3. The number of carbonyl (C=O) groups excluding carboxylic acids is 1. The van der Waals surface area contributed by atoms with E-state index in [0.29, 0.717) is 25.9 Å². The van der Waals surface area contributed by atoms with E-state index in [-0.39, 0.29) is 29.9 Å². The van der Waals surface area contributed by atoms with Crippen molar-refractivity contribution in [2.75, 3.05) is 37.7 Å². The molecule has 2 saturated heterocycles. The highest BCUT2D eigenvalue weighted by Crippen LogP contribution is 2.25. The van der Waals surface area contributed by atoms with E-state index in [1.807, 2.05) is 30.0 Å². The lowest BCUT2D eigenvalue weighted by Crippen LogP contribution is -2.52. The molecule has 2 N–H and O–H groups in total. The highest BCUT2D eigenvalue weighted by atomic mass is 32.2. The van der Waals surface area contributed by atoms with Gasteiger partial charge in [-0.25, -0.2) is 13.1 Å². The highest BCUT2D eigenvalue weighted by Gasteiger charge is 2.35. The van der Waals surface area contributed by atoms with Crippen LogP contribution in [0.15, 0.2) is 59.5 Å². The lowest BCUT2D eigenvalue weighted by Gasteiger charge is -2.38. The minimum absolute atomic E-state index is 0.0353. The van der Waals surface area contributed by atoms with E-state index in [1.165, 1.54) is 0 Å². The molecular weight excluding hydrogens is 454 g/mol. The Labute approximate surface area is 201 Å². The van der Waals surface area contributed by atoms with Gasteiger partial charge >= 0.3 is 0 Å². The summed E-state index contributed by atoms with van der Waals surface area (Å²) >= 11 is 0. The number of para-hydroxylation sites is 1. The number of aliphatic hydroxyl groups is 1. The number of benzene rings is 2. The van der Waals surface area contributed by atoms with Crippen LogP contribution in [-0.2, 0) is 19.6 Å². The third-order valence-corrected chi connectivity index (χ3v) is 8.10. The van der Waals surface area contributed by atoms with Gasteiger partial charge in [-0.1, -0.05) is 35.9 Å². The number of rotatable bonds is 7. The van der Waals surface area contributed by atoms with E-state index in [2.05, 4.69) is 21.8 Å². The van der Waals surface area contributed by atoms with Crippen LogP contribution in [0.3, 0.4) is 0 Å². The summed E-state index contributed by atoms with van der Waals surface area (Å²) in [6.07, 6.45) is 0.251. The van der Waals surface area contributed by atoms with Crippen molar-refractivity contribution >= 4 is 21.6 Å². The molecule has 4 rings (SSSR count). The summed E-state index contributed by atoms with van der Waals surface area (Å²) in [6, 6.07) is 16.2. The normalized spacial score (nSPS) is 23.6. The van der Waals surface area contributed by atoms with Crippen molar-refractivity contribution in [1.82, 2.24) is 9.62 Å². The summed E-state index contributed by atoms with van der Waals surface area (Å²) in [7, 11) is -3.73. The number of sulfonamides is 1. The van der Waals surface area contributed by atoms with Crippen molar-refractivity contribution < 1.29 is 23.1 Å². The molecule has 0 unspecified atom stereocenters.